The molecule has 0 N–H and O–H groups in total. The Balaban J connectivity index is 3.24. The Labute approximate surface area is 89.9 Å². The predicted molar refractivity (Wildman–Crippen MR) is 54.8 cm³/mol. The average molecular weight is 224 g/mol. The van der Waals surface area contributed by atoms with Gasteiger partial charge in [0.25, 0.3) is 5.69 Å². The molecule has 0 fully saturated rings. The van der Waals surface area contributed by atoms with Gasteiger partial charge in [-0.2, -0.15) is 5.11 Å². The van der Waals surface area contributed by atoms with Crippen LogP contribution in [0, 0.1) is 20.2 Å². The first-order valence-corrected chi connectivity index (χ1v) is 4.36. The van der Waals surface area contributed by atoms with E-state index in [0.717, 1.165) is 12.1 Å². The van der Waals surface area contributed by atoms with Crippen molar-refractivity contribution in [2.75, 3.05) is 6.54 Å². The smallest absolute Gasteiger partial charge is 0.258 e. The van der Waals surface area contributed by atoms with Gasteiger partial charge in [0.05, 0.1) is 22.5 Å². The molecule has 1 aromatic rings. The predicted octanol–water partition coefficient (Wildman–Crippen LogP) is 2.61. The van der Waals surface area contributed by atoms with Gasteiger partial charge >= 0.3 is 5.69 Å². The molecule has 0 unspecified atom stereocenters. The first-order chi connectivity index (χ1) is 7.56. The summed E-state index contributed by atoms with van der Waals surface area (Å²) in [4.78, 5) is 19.6. The number of azo groups is 1. The molecule has 0 amide bonds. The molecular formula is C8H8N4O4. The lowest BCUT2D eigenvalue weighted by Gasteiger charge is -1.96. The second kappa shape index (κ2) is 4.91. The summed E-state index contributed by atoms with van der Waals surface area (Å²) < 4.78 is 0. The van der Waals surface area contributed by atoms with Crippen molar-refractivity contribution in [3.8, 4) is 0 Å². The fourth-order valence-corrected chi connectivity index (χ4v) is 1.00. The SMILES string of the molecule is CCN=Nc1ccc([N+](=O)[O-])cc1[N+](=O)[O-]. The van der Waals surface area contributed by atoms with Crippen LogP contribution in [-0.4, -0.2) is 16.4 Å². The van der Waals surface area contributed by atoms with Crippen LogP contribution in [0.25, 0.3) is 0 Å². The molecule has 1 aromatic carbocycles. The number of nitro benzene ring substituents is 2. The molecule has 0 bridgehead atoms. The van der Waals surface area contributed by atoms with Gasteiger partial charge in [-0.1, -0.05) is 0 Å². The minimum absolute atomic E-state index is 0.0115. The Morgan fingerprint density at radius 3 is 2.44 bits per heavy atom. The maximum absolute atomic E-state index is 10.6. The van der Waals surface area contributed by atoms with Crippen molar-refractivity contribution in [1.82, 2.24) is 0 Å². The van der Waals surface area contributed by atoms with Crippen molar-refractivity contribution < 1.29 is 9.85 Å². The van der Waals surface area contributed by atoms with Gasteiger partial charge < -0.3 is 0 Å². The molecule has 0 saturated carbocycles. The maximum atomic E-state index is 10.6. The Bertz CT molecular complexity index is 457. The molecule has 0 atom stereocenters. The zero-order valence-corrected chi connectivity index (χ0v) is 8.36. The normalized spacial score (nSPS) is 10.6. The molecule has 0 radical (unpaired) electrons. The summed E-state index contributed by atoms with van der Waals surface area (Å²) in [5.74, 6) is 0. The highest BCUT2D eigenvalue weighted by molar-refractivity contribution is 5.61. The summed E-state index contributed by atoms with van der Waals surface area (Å²) in [5.41, 5.74) is -0.758. The molecule has 0 aromatic heterocycles. The van der Waals surface area contributed by atoms with Crippen molar-refractivity contribution in [2.45, 2.75) is 6.92 Å². The van der Waals surface area contributed by atoms with E-state index in [1.165, 1.54) is 6.07 Å². The van der Waals surface area contributed by atoms with E-state index in [9.17, 15) is 20.2 Å². The molecule has 16 heavy (non-hydrogen) atoms. The number of nitro groups is 2. The van der Waals surface area contributed by atoms with Gasteiger partial charge in [0.15, 0.2) is 5.69 Å². The maximum Gasteiger partial charge on any atom is 0.303 e. The van der Waals surface area contributed by atoms with Crippen molar-refractivity contribution in [2.24, 2.45) is 10.2 Å². The highest BCUT2D eigenvalue weighted by atomic mass is 16.6. The molecule has 0 spiro atoms. The lowest BCUT2D eigenvalue weighted by atomic mass is 10.2. The third-order valence-electron chi connectivity index (χ3n) is 1.69. The zero-order valence-electron chi connectivity index (χ0n) is 8.36. The minimum atomic E-state index is -0.725. The molecule has 0 saturated heterocycles. The van der Waals surface area contributed by atoms with Crippen molar-refractivity contribution in [3.63, 3.8) is 0 Å². The van der Waals surface area contributed by atoms with Crippen LogP contribution in [0.15, 0.2) is 28.4 Å². The van der Waals surface area contributed by atoms with E-state index < -0.39 is 15.5 Å². The number of hydrogen-bond donors (Lipinski definition) is 0. The summed E-state index contributed by atoms with van der Waals surface area (Å²) in [6.45, 7) is 2.11. The first kappa shape index (κ1) is 11.7. The number of hydrogen-bond acceptors (Lipinski definition) is 6. The van der Waals surface area contributed by atoms with Crippen LogP contribution in [-0.2, 0) is 0 Å². The number of rotatable bonds is 4. The number of nitrogens with zero attached hydrogens (tertiary/aromatic N) is 4. The largest absolute Gasteiger partial charge is 0.303 e. The zero-order chi connectivity index (χ0) is 12.1. The van der Waals surface area contributed by atoms with E-state index in [-0.39, 0.29) is 11.4 Å². The molecule has 8 nitrogen and oxygen atoms in total. The topological polar surface area (TPSA) is 111 Å². The van der Waals surface area contributed by atoms with Gasteiger partial charge in [-0.05, 0) is 13.0 Å². The Morgan fingerprint density at radius 2 is 1.94 bits per heavy atom. The van der Waals surface area contributed by atoms with Gasteiger partial charge in [-0.25, -0.2) is 0 Å². The monoisotopic (exact) mass is 224 g/mol. The van der Waals surface area contributed by atoms with E-state index >= 15 is 0 Å². The average Bonchev–Trinajstić information content (AvgIpc) is 2.25. The summed E-state index contributed by atoms with van der Waals surface area (Å²) in [6.07, 6.45) is 0. The molecule has 84 valence electrons. The molecule has 0 heterocycles. The van der Waals surface area contributed by atoms with Crippen molar-refractivity contribution in [1.29, 1.82) is 0 Å². The third-order valence-corrected chi connectivity index (χ3v) is 1.69. The fraction of sp³-hybridized carbons (Fsp3) is 0.250. The van der Waals surface area contributed by atoms with Gasteiger partial charge in [0.1, 0.15) is 0 Å². The van der Waals surface area contributed by atoms with E-state index in [1.54, 1.807) is 6.92 Å². The lowest BCUT2D eigenvalue weighted by Crippen LogP contribution is -1.92. The molecule has 0 aliphatic rings. The number of benzene rings is 1. The summed E-state index contributed by atoms with van der Waals surface area (Å²) in [5, 5.41) is 28.3. The highest BCUT2D eigenvalue weighted by Gasteiger charge is 2.19. The minimum Gasteiger partial charge on any atom is -0.258 e. The quantitative estimate of drug-likeness (QED) is 0.444. The van der Waals surface area contributed by atoms with Gasteiger partial charge in [0.2, 0.25) is 0 Å². The molecule has 1 rings (SSSR count). The van der Waals surface area contributed by atoms with Gasteiger partial charge in [-0.3, -0.25) is 20.2 Å². The summed E-state index contributed by atoms with van der Waals surface area (Å²) >= 11 is 0. The lowest BCUT2D eigenvalue weighted by molar-refractivity contribution is -0.393. The first-order valence-electron chi connectivity index (χ1n) is 4.36. The van der Waals surface area contributed by atoms with Crippen LogP contribution in [0.3, 0.4) is 0 Å². The second-order valence-electron chi connectivity index (χ2n) is 2.74. The van der Waals surface area contributed by atoms with Crippen LogP contribution in [0.5, 0.6) is 0 Å². The van der Waals surface area contributed by atoms with Crippen LogP contribution < -0.4 is 0 Å². The Hall–Kier alpha value is -2.38. The third kappa shape index (κ3) is 2.56. The highest BCUT2D eigenvalue weighted by Crippen LogP contribution is 2.31. The van der Waals surface area contributed by atoms with Crippen LogP contribution in [0.2, 0.25) is 0 Å². The van der Waals surface area contributed by atoms with E-state index in [1.807, 2.05) is 0 Å². The molecule has 0 aliphatic carbocycles. The van der Waals surface area contributed by atoms with Gasteiger partial charge in [-0.15, -0.1) is 5.11 Å². The van der Waals surface area contributed by atoms with E-state index in [4.69, 9.17) is 0 Å². The van der Waals surface area contributed by atoms with Crippen LogP contribution >= 0.6 is 0 Å². The van der Waals surface area contributed by atoms with Crippen LogP contribution in [0.4, 0.5) is 17.1 Å². The Morgan fingerprint density at radius 1 is 1.25 bits per heavy atom. The van der Waals surface area contributed by atoms with Crippen LogP contribution in [0.1, 0.15) is 6.92 Å². The summed E-state index contributed by atoms with van der Waals surface area (Å²) in [6, 6.07) is 3.22. The van der Waals surface area contributed by atoms with Crippen molar-refractivity contribution >= 4 is 17.1 Å². The molecule has 0 aliphatic heterocycles. The summed E-state index contributed by atoms with van der Waals surface area (Å²) in [7, 11) is 0. The molecule has 8 heteroatoms. The van der Waals surface area contributed by atoms with Gasteiger partial charge in [0, 0.05) is 6.07 Å². The number of non-ortho nitro benzene ring substituents is 1. The standard InChI is InChI=1S/C8H8N4O4/c1-2-9-10-7-4-3-6(11(13)14)5-8(7)12(15)16/h3-5H,2H2,1H3. The van der Waals surface area contributed by atoms with Crippen molar-refractivity contribution in [3.05, 3.63) is 38.4 Å². The second-order valence-corrected chi connectivity index (χ2v) is 2.74. The van der Waals surface area contributed by atoms with E-state index in [2.05, 4.69) is 10.2 Å². The molecular weight excluding hydrogens is 216 g/mol. The fourth-order valence-electron chi connectivity index (χ4n) is 1.00. The van der Waals surface area contributed by atoms with E-state index in [0.29, 0.717) is 6.54 Å². The Kier molecular flexibility index (Phi) is 3.59.